The van der Waals surface area contributed by atoms with Crippen LogP contribution in [0.4, 0.5) is 0 Å². The molecule has 9 heteroatoms. The number of aromatic nitrogens is 2. The number of hydrogen-bond donors (Lipinski definition) is 2. The van der Waals surface area contributed by atoms with Crippen molar-refractivity contribution < 1.29 is 27.8 Å². The number of fused-ring (bicyclic) bond motifs is 1. The van der Waals surface area contributed by atoms with Crippen LogP contribution < -0.4 is 9.46 Å². The third-order valence-corrected chi connectivity index (χ3v) is 6.79. The second-order valence-corrected chi connectivity index (χ2v) is 9.88. The number of nitrogens with two attached hydrogens (primary N) is 1. The van der Waals surface area contributed by atoms with Gasteiger partial charge in [0.1, 0.15) is 5.75 Å². The summed E-state index contributed by atoms with van der Waals surface area (Å²) in [6.07, 6.45) is 3.50. The Hall–Kier alpha value is -3.53. The number of amides is 1. The van der Waals surface area contributed by atoms with Gasteiger partial charge in [-0.25, -0.2) is 9.48 Å². The standard InChI is InChI=1S/C24H23N3O5S/c1-24(2,29)18-9-11-21(32-3)22(15-18)33(30,31)26-23(28)17-8-10-19-16(14-17)6-4-7-20(19)27-13-5-12-25-27/h4-15,29H,1-3H3,(H,26,28)/p+1. The molecule has 1 heterocycles. The van der Waals surface area contributed by atoms with Crippen LogP contribution in [0.1, 0.15) is 29.8 Å². The monoisotopic (exact) mass is 466 g/mol. The van der Waals surface area contributed by atoms with Crippen LogP contribution in [0, 0.1) is 0 Å². The number of sulfonamides is 1. The molecule has 0 saturated heterocycles. The first kappa shape index (κ1) is 22.7. The Morgan fingerprint density at radius 1 is 1.09 bits per heavy atom. The zero-order chi connectivity index (χ0) is 23.8. The quantitative estimate of drug-likeness (QED) is 0.451. The van der Waals surface area contributed by atoms with E-state index in [1.54, 1.807) is 49.0 Å². The number of primary amides is 1. The lowest BCUT2D eigenvalue weighted by molar-refractivity contribution is -0.386. The molecule has 170 valence electrons. The Morgan fingerprint density at radius 3 is 2.55 bits per heavy atom. The van der Waals surface area contributed by atoms with Crippen molar-refractivity contribution in [1.82, 2.24) is 9.78 Å². The molecular weight excluding hydrogens is 442 g/mol. The zero-order valence-electron chi connectivity index (χ0n) is 18.4. The van der Waals surface area contributed by atoms with Gasteiger partial charge in [-0.05, 0) is 61.2 Å². The van der Waals surface area contributed by atoms with Gasteiger partial charge < -0.3 is 9.84 Å². The van der Waals surface area contributed by atoms with E-state index in [1.807, 2.05) is 30.5 Å². The Bertz CT molecular complexity index is 1440. The molecule has 33 heavy (non-hydrogen) atoms. The summed E-state index contributed by atoms with van der Waals surface area (Å²) in [5.41, 5.74) is 0.215. The van der Waals surface area contributed by atoms with Crippen molar-refractivity contribution in [2.45, 2.75) is 24.3 Å². The molecule has 4 rings (SSSR count). The van der Waals surface area contributed by atoms with Crippen molar-refractivity contribution in [1.29, 1.82) is 0 Å². The summed E-state index contributed by atoms with van der Waals surface area (Å²) in [6.45, 7) is 3.10. The first-order valence-electron chi connectivity index (χ1n) is 10.2. The molecule has 0 spiro atoms. The maximum Gasteiger partial charge on any atom is 0.358 e. The summed E-state index contributed by atoms with van der Waals surface area (Å²) in [4.78, 5) is 12.7. The first-order valence-corrected chi connectivity index (χ1v) is 11.7. The van der Waals surface area contributed by atoms with Gasteiger partial charge in [-0.3, -0.25) is 0 Å². The molecule has 1 aromatic heterocycles. The van der Waals surface area contributed by atoms with Crippen molar-refractivity contribution >= 4 is 26.7 Å². The number of nitrogens with zero attached hydrogens (tertiary/aromatic N) is 2. The molecule has 0 unspecified atom stereocenters. The fourth-order valence-corrected chi connectivity index (χ4v) is 4.85. The molecule has 3 aromatic carbocycles. The maximum atomic E-state index is 13.1. The van der Waals surface area contributed by atoms with E-state index < -0.39 is 21.5 Å². The summed E-state index contributed by atoms with van der Waals surface area (Å²) in [5.74, 6) is -0.563. The molecule has 0 aliphatic heterocycles. The minimum absolute atomic E-state index is 0.0921. The summed E-state index contributed by atoms with van der Waals surface area (Å²) in [6, 6.07) is 16.8. The number of primary sulfonamides is 1. The number of carbonyl (C=O) groups excluding carboxylic acids is 1. The predicted molar refractivity (Wildman–Crippen MR) is 123 cm³/mol. The van der Waals surface area contributed by atoms with Crippen LogP contribution in [-0.2, 0) is 15.6 Å². The van der Waals surface area contributed by atoms with Gasteiger partial charge in [-0.1, -0.05) is 24.3 Å². The van der Waals surface area contributed by atoms with Gasteiger partial charge in [0.05, 0.1) is 24.0 Å². The van der Waals surface area contributed by atoms with Crippen molar-refractivity contribution in [3.05, 3.63) is 84.2 Å². The van der Waals surface area contributed by atoms with Crippen molar-refractivity contribution in [2.75, 3.05) is 7.11 Å². The third kappa shape index (κ3) is 4.51. The van der Waals surface area contributed by atoms with Crippen LogP contribution in [0.5, 0.6) is 5.75 Å². The lowest BCUT2D eigenvalue weighted by Gasteiger charge is -2.19. The van der Waals surface area contributed by atoms with Crippen molar-refractivity contribution in [3.8, 4) is 11.4 Å². The number of quaternary nitrogens is 1. The first-order chi connectivity index (χ1) is 15.6. The van der Waals surface area contributed by atoms with Gasteiger partial charge >= 0.3 is 15.9 Å². The molecule has 8 nitrogen and oxygen atoms in total. The fraction of sp³-hybridized carbons (Fsp3) is 0.167. The van der Waals surface area contributed by atoms with Crippen molar-refractivity contribution in [3.63, 3.8) is 0 Å². The largest absolute Gasteiger partial charge is 0.495 e. The Balaban J connectivity index is 1.68. The van der Waals surface area contributed by atoms with Gasteiger partial charge in [-0.15, -0.1) is 0 Å². The highest BCUT2D eigenvalue weighted by atomic mass is 32.2. The van der Waals surface area contributed by atoms with E-state index in [-0.39, 0.29) is 16.2 Å². The van der Waals surface area contributed by atoms with E-state index in [9.17, 15) is 18.3 Å². The van der Waals surface area contributed by atoms with Crippen LogP contribution in [0.2, 0.25) is 0 Å². The molecular formula is C24H24N3O5S+. The summed E-state index contributed by atoms with van der Waals surface area (Å²) in [7, 11) is -2.81. The molecule has 0 fully saturated rings. The summed E-state index contributed by atoms with van der Waals surface area (Å²) in [5, 5.41) is 16.2. The lowest BCUT2D eigenvalue weighted by Crippen LogP contribution is -2.90. The molecule has 0 radical (unpaired) electrons. The number of ether oxygens (including phenoxy) is 1. The van der Waals surface area contributed by atoms with Crippen LogP contribution in [-0.4, -0.2) is 36.3 Å². The minimum atomic E-state index is -4.15. The molecule has 3 N–H and O–H groups in total. The topological polar surface area (TPSA) is 115 Å². The van der Waals surface area contributed by atoms with E-state index >= 15 is 0 Å². The van der Waals surface area contributed by atoms with Gasteiger partial charge in [0.2, 0.25) is 0 Å². The number of hydrogen-bond acceptors (Lipinski definition) is 6. The smallest absolute Gasteiger partial charge is 0.358 e. The van der Waals surface area contributed by atoms with E-state index in [4.69, 9.17) is 4.74 Å². The molecule has 4 aromatic rings. The molecule has 1 amide bonds. The Kier molecular flexibility index (Phi) is 5.79. The van der Waals surface area contributed by atoms with Crippen LogP contribution in [0.15, 0.2) is 78.0 Å². The maximum absolute atomic E-state index is 13.1. The Morgan fingerprint density at radius 2 is 1.88 bits per heavy atom. The summed E-state index contributed by atoms with van der Waals surface area (Å²) >= 11 is 0. The average molecular weight is 467 g/mol. The highest BCUT2D eigenvalue weighted by Gasteiger charge is 2.30. The molecule has 0 bridgehead atoms. The lowest BCUT2D eigenvalue weighted by atomic mass is 9.98. The fourth-order valence-electron chi connectivity index (χ4n) is 3.58. The minimum Gasteiger partial charge on any atom is -0.495 e. The molecule has 0 aliphatic rings. The number of rotatable bonds is 6. The van der Waals surface area contributed by atoms with Gasteiger partial charge in [0.15, 0.2) is 4.90 Å². The van der Waals surface area contributed by atoms with Gasteiger partial charge in [0, 0.05) is 17.8 Å². The SMILES string of the molecule is COc1ccc(C(C)(C)O)cc1S(=O)(=O)[NH2+]C(=O)c1ccc2c(-n3cccn3)cccc2c1. The average Bonchev–Trinajstić information content (AvgIpc) is 3.31. The van der Waals surface area contributed by atoms with Gasteiger partial charge in [0.25, 0.3) is 0 Å². The van der Waals surface area contributed by atoms with Crippen LogP contribution >= 0.6 is 0 Å². The number of benzene rings is 3. The second-order valence-electron chi connectivity index (χ2n) is 8.12. The summed E-state index contributed by atoms with van der Waals surface area (Å²) < 4.78 is 33.8. The van der Waals surface area contributed by atoms with E-state index in [0.717, 1.165) is 16.5 Å². The molecule has 0 saturated carbocycles. The molecule has 0 aliphatic carbocycles. The third-order valence-electron chi connectivity index (χ3n) is 5.33. The zero-order valence-corrected chi connectivity index (χ0v) is 19.2. The highest BCUT2D eigenvalue weighted by molar-refractivity contribution is 7.85. The second kappa shape index (κ2) is 8.43. The normalized spacial score (nSPS) is 12.1. The number of methoxy groups -OCH3 is 1. The van der Waals surface area contributed by atoms with E-state index in [1.165, 1.54) is 19.2 Å². The van der Waals surface area contributed by atoms with Gasteiger partial charge in [-0.2, -0.15) is 18.2 Å². The Labute approximate surface area is 191 Å². The van der Waals surface area contributed by atoms with E-state index in [0.29, 0.717) is 10.3 Å². The van der Waals surface area contributed by atoms with Crippen LogP contribution in [0.25, 0.3) is 16.5 Å². The number of aliphatic hydroxyl groups is 1. The molecule has 0 atom stereocenters. The predicted octanol–water partition coefficient (Wildman–Crippen LogP) is 2.35. The van der Waals surface area contributed by atoms with E-state index in [2.05, 4.69) is 5.10 Å². The van der Waals surface area contributed by atoms with Crippen LogP contribution in [0.3, 0.4) is 0 Å². The number of carbonyl (C=O) groups is 1. The van der Waals surface area contributed by atoms with Crippen molar-refractivity contribution in [2.24, 2.45) is 0 Å². The highest BCUT2D eigenvalue weighted by Crippen LogP contribution is 2.29.